The number of nitrogens with zero attached hydrogens (tertiary/aromatic N) is 2. The summed E-state index contributed by atoms with van der Waals surface area (Å²) in [5.41, 5.74) is 5.86. The van der Waals surface area contributed by atoms with E-state index in [2.05, 4.69) is 238 Å². The Bertz CT molecular complexity index is 2850. The largest absolute Gasteiger partial charge is 0.466 e. The Kier molecular flexibility index (Phi) is 25.7. The summed E-state index contributed by atoms with van der Waals surface area (Å²) in [6.45, 7) is 14.0. The lowest BCUT2D eigenvalue weighted by atomic mass is 9.74. The molecular weight excluding hydrogens is 733 g/mol. The summed E-state index contributed by atoms with van der Waals surface area (Å²) in [7, 11) is 1.38. The highest BCUT2D eigenvalue weighted by atomic mass is 16.5. The quantitative estimate of drug-likeness (QED) is 0.140. The second-order valence-corrected chi connectivity index (χ2v) is 11.7. The third kappa shape index (κ3) is 24.0. The monoisotopic (exact) mass is 768 g/mol. The lowest BCUT2D eigenvalue weighted by Crippen LogP contribution is -2.19. The molecule has 0 spiro atoms. The summed E-state index contributed by atoms with van der Waals surface area (Å²) < 4.78 is 6.70. The molecule has 60 heavy (non-hydrogen) atoms. The highest BCUT2D eigenvalue weighted by Gasteiger charge is 2.27. The van der Waals surface area contributed by atoms with Crippen molar-refractivity contribution in [3.63, 3.8) is 0 Å². The highest BCUT2D eigenvalue weighted by molar-refractivity contribution is 5.83. The maximum Gasteiger partial charge on any atom is 0.330 e. The molecule has 0 amide bonds. The zero-order valence-corrected chi connectivity index (χ0v) is 34.7. The van der Waals surface area contributed by atoms with Crippen LogP contribution in [0.15, 0.2) is 83.5 Å². The van der Waals surface area contributed by atoms with Gasteiger partial charge in [-0.05, 0) is 158 Å². The average molecular weight is 769 g/mol. The van der Waals surface area contributed by atoms with Crippen molar-refractivity contribution < 1.29 is 9.53 Å². The molecule has 0 bridgehead atoms. The molecule has 0 radical (unpaired) electrons. The number of methoxy groups -OCH3 is 1. The van der Waals surface area contributed by atoms with Crippen LogP contribution in [0.2, 0.25) is 0 Å². The zero-order valence-electron chi connectivity index (χ0n) is 34.7. The van der Waals surface area contributed by atoms with Crippen molar-refractivity contribution in [3.8, 4) is 178 Å². The van der Waals surface area contributed by atoms with Crippen LogP contribution >= 0.6 is 0 Å². The van der Waals surface area contributed by atoms with Crippen LogP contribution < -0.4 is 0 Å². The Balaban J connectivity index is 0.000000604. The average Bonchev–Trinajstić information content (AvgIpc) is 3.76. The topological polar surface area (TPSA) is 44.1 Å². The highest BCUT2D eigenvalue weighted by Crippen LogP contribution is 2.41. The third-order valence-electron chi connectivity index (χ3n) is 6.82. The first-order valence-electron chi connectivity index (χ1n) is 17.7. The van der Waals surface area contributed by atoms with Gasteiger partial charge in [0.1, 0.15) is 0 Å². The summed E-state index contributed by atoms with van der Waals surface area (Å²) in [5.74, 6) is 75.3. The number of aromatic nitrogens is 2. The van der Waals surface area contributed by atoms with Gasteiger partial charge in [-0.1, -0.05) is 67.7 Å². The molecule has 0 aliphatic heterocycles. The molecule has 282 valence electrons. The van der Waals surface area contributed by atoms with Gasteiger partial charge in [-0.25, -0.2) is 9.78 Å². The van der Waals surface area contributed by atoms with Gasteiger partial charge in [0.25, 0.3) is 0 Å². The molecule has 0 fully saturated rings. The lowest BCUT2D eigenvalue weighted by Gasteiger charge is -2.32. The molecule has 4 nitrogen and oxygen atoms in total. The number of ether oxygens (including phenoxy) is 1. The molecular formula is C56H36N2O2. The zero-order chi connectivity index (χ0) is 43.9. The van der Waals surface area contributed by atoms with E-state index in [0.717, 1.165) is 17.6 Å². The van der Waals surface area contributed by atoms with E-state index in [1.165, 1.54) is 30.0 Å². The van der Waals surface area contributed by atoms with Gasteiger partial charge in [0.15, 0.2) is 0 Å². The number of rotatable bonds is 6. The van der Waals surface area contributed by atoms with Gasteiger partial charge in [-0.2, -0.15) is 0 Å². The van der Waals surface area contributed by atoms with Gasteiger partial charge < -0.3 is 9.30 Å². The second-order valence-electron chi connectivity index (χ2n) is 11.7. The van der Waals surface area contributed by atoms with Crippen LogP contribution in [-0.4, -0.2) is 22.6 Å². The predicted molar refractivity (Wildman–Crippen MR) is 243 cm³/mol. The number of allylic oxidation sites excluding steroid dienone is 11. The van der Waals surface area contributed by atoms with E-state index in [-0.39, 0.29) is 11.4 Å². The Morgan fingerprint density at radius 1 is 0.650 bits per heavy atom. The van der Waals surface area contributed by atoms with Gasteiger partial charge in [-0.3, -0.25) is 0 Å². The number of carbonyl (C=O) groups is 1. The third-order valence-corrected chi connectivity index (χ3v) is 6.82. The fraction of sp³-hybridized carbons (Fsp3) is 0.179. The molecule has 0 saturated heterocycles. The van der Waals surface area contributed by atoms with Crippen molar-refractivity contribution in [3.05, 3.63) is 83.5 Å². The van der Waals surface area contributed by atoms with Crippen LogP contribution in [0, 0.1) is 183 Å². The number of hydrogen-bond donors (Lipinski definition) is 0. The summed E-state index contributed by atoms with van der Waals surface area (Å²) in [6.07, 6.45) is 20.6. The van der Waals surface area contributed by atoms with Crippen LogP contribution in [0.1, 0.15) is 54.9 Å². The second kappa shape index (κ2) is 31.8. The predicted octanol–water partition coefficient (Wildman–Crippen LogP) is 6.73. The molecule has 0 unspecified atom stereocenters. The van der Waals surface area contributed by atoms with Crippen LogP contribution in [0.25, 0.3) is 5.70 Å². The minimum atomic E-state index is -0.341. The van der Waals surface area contributed by atoms with Crippen molar-refractivity contribution in [2.45, 2.75) is 54.9 Å². The maximum atomic E-state index is 11.2. The van der Waals surface area contributed by atoms with Crippen molar-refractivity contribution in [1.82, 2.24) is 9.55 Å². The fourth-order valence-electron chi connectivity index (χ4n) is 4.16. The van der Waals surface area contributed by atoms with Gasteiger partial charge in [0, 0.05) is 95.2 Å². The SMILES string of the molecule is CC#CC#CC#CC#CC#CC#CC#CC#CC#CC#CC#CC#CC#CC#CC#CC.COC(=O)\C=C(C)/C=C/C=C(C)/C=C/C1=C(C)C(n2ccnc2)=CCC1(C)C. The Morgan fingerprint density at radius 2 is 1.05 bits per heavy atom. The minimum Gasteiger partial charge on any atom is -0.466 e. The van der Waals surface area contributed by atoms with E-state index >= 15 is 0 Å². The Morgan fingerprint density at radius 3 is 1.40 bits per heavy atom. The van der Waals surface area contributed by atoms with E-state index in [1.54, 1.807) is 20.0 Å². The van der Waals surface area contributed by atoms with Gasteiger partial charge in [0.05, 0.1) is 13.4 Å². The molecule has 1 aromatic rings. The van der Waals surface area contributed by atoms with Crippen LogP contribution in [-0.2, 0) is 9.53 Å². The van der Waals surface area contributed by atoms with Gasteiger partial charge in [0.2, 0.25) is 0 Å². The van der Waals surface area contributed by atoms with Crippen molar-refractivity contribution in [2.75, 3.05) is 7.11 Å². The number of carbonyl (C=O) groups excluding carboxylic acids is 1. The lowest BCUT2D eigenvalue weighted by molar-refractivity contribution is -0.134. The van der Waals surface area contributed by atoms with Crippen LogP contribution in [0.4, 0.5) is 0 Å². The first-order chi connectivity index (χ1) is 29.2. The van der Waals surface area contributed by atoms with Gasteiger partial charge >= 0.3 is 5.97 Å². The van der Waals surface area contributed by atoms with E-state index < -0.39 is 0 Å². The molecule has 0 N–H and O–H groups in total. The molecule has 1 aromatic heterocycles. The number of imidazole rings is 1. The van der Waals surface area contributed by atoms with E-state index in [1.807, 2.05) is 37.7 Å². The Hall–Kier alpha value is -9.48. The molecule has 2 rings (SSSR count). The minimum absolute atomic E-state index is 0.0840. The summed E-state index contributed by atoms with van der Waals surface area (Å²) in [5, 5.41) is 0. The van der Waals surface area contributed by atoms with Crippen molar-refractivity contribution in [1.29, 1.82) is 0 Å². The fourth-order valence-corrected chi connectivity index (χ4v) is 4.16. The normalized spacial score (nSPS) is 10.6. The van der Waals surface area contributed by atoms with E-state index in [4.69, 9.17) is 0 Å². The van der Waals surface area contributed by atoms with Crippen molar-refractivity contribution >= 4 is 11.7 Å². The molecule has 1 aliphatic rings. The molecule has 0 aromatic carbocycles. The molecule has 0 atom stereocenters. The molecule has 4 heteroatoms. The van der Waals surface area contributed by atoms with Gasteiger partial charge in [-0.15, -0.1) is 0 Å². The smallest absolute Gasteiger partial charge is 0.330 e. The summed E-state index contributed by atoms with van der Waals surface area (Å²) in [6, 6.07) is 0. The summed E-state index contributed by atoms with van der Waals surface area (Å²) >= 11 is 0. The van der Waals surface area contributed by atoms with Crippen LogP contribution in [0.5, 0.6) is 0 Å². The standard InChI is InChI=1S/C32H6.C24H30N2O2/c1-3-5-7-9-11-13-15-17-19-21-23-25-27-29-31-32-30-28-26-24-22-20-18-16-14-12-10-8-6-4-2;1-18(8-7-9-19(2)16-23(27)28-6)10-11-21-20(3)22(12-13-24(21,4)5)26-15-14-25-17-26/h1-2H3;7-12,14-17H,13H2,1-6H3/b;9-7+,11-10+,18-8+,19-16-. The first-order valence-corrected chi connectivity index (χ1v) is 17.7. The molecule has 1 heterocycles. The first kappa shape index (κ1) is 48.5. The molecule has 0 saturated carbocycles. The van der Waals surface area contributed by atoms with Crippen molar-refractivity contribution in [2.24, 2.45) is 5.41 Å². The van der Waals surface area contributed by atoms with Crippen LogP contribution in [0.3, 0.4) is 0 Å². The number of hydrogen-bond acceptors (Lipinski definition) is 3. The van der Waals surface area contributed by atoms with E-state index in [0.29, 0.717) is 0 Å². The summed E-state index contributed by atoms with van der Waals surface area (Å²) in [4.78, 5) is 15.4. The molecule has 1 aliphatic carbocycles. The Labute approximate surface area is 358 Å². The number of esters is 1. The maximum absolute atomic E-state index is 11.2. The van der Waals surface area contributed by atoms with E-state index in [9.17, 15) is 4.79 Å².